The molecule has 1 aromatic rings. The fourth-order valence-corrected chi connectivity index (χ4v) is 1.77. The van der Waals surface area contributed by atoms with Crippen LogP contribution in [0.3, 0.4) is 0 Å². The van der Waals surface area contributed by atoms with Crippen molar-refractivity contribution in [1.82, 2.24) is 0 Å². The number of hydrogen-bond donors (Lipinski definition) is 0. The van der Waals surface area contributed by atoms with Crippen molar-refractivity contribution in [1.29, 1.82) is 0 Å². The number of benzene rings is 1. The molecule has 0 amide bonds. The van der Waals surface area contributed by atoms with Gasteiger partial charge >= 0.3 is 5.97 Å². The molecule has 94 valence electrons. The number of carbonyl (C=O) groups excluding carboxylic acids is 1. The van der Waals surface area contributed by atoms with Gasteiger partial charge in [0.1, 0.15) is 16.9 Å². The first-order valence-electron chi connectivity index (χ1n) is 5.49. The van der Waals surface area contributed by atoms with Crippen LogP contribution in [0.15, 0.2) is 18.2 Å². The minimum atomic E-state index is -0.498. The Morgan fingerprint density at radius 2 is 2.00 bits per heavy atom. The molecule has 0 aromatic heterocycles. The van der Waals surface area contributed by atoms with Crippen LogP contribution >= 0.6 is 22.6 Å². The summed E-state index contributed by atoms with van der Waals surface area (Å²) in [5, 5.41) is 0. The van der Waals surface area contributed by atoms with Gasteiger partial charge in [-0.2, -0.15) is 0 Å². The standard InChI is InChI=1S/C13H17IO3/c1-5-16-11-7-6-9(14)8-10(11)12(15)17-13(2,3)4/h6-8H,5H2,1-4H3. The van der Waals surface area contributed by atoms with E-state index in [1.807, 2.05) is 33.8 Å². The Hall–Kier alpha value is -0.780. The molecule has 0 saturated carbocycles. The molecule has 17 heavy (non-hydrogen) atoms. The molecule has 0 N–H and O–H groups in total. The summed E-state index contributed by atoms with van der Waals surface area (Å²) in [6.45, 7) is 7.95. The summed E-state index contributed by atoms with van der Waals surface area (Å²) in [6.07, 6.45) is 0. The Kier molecular flexibility index (Phi) is 4.80. The van der Waals surface area contributed by atoms with Gasteiger partial charge in [0.25, 0.3) is 0 Å². The molecule has 0 aliphatic heterocycles. The van der Waals surface area contributed by atoms with Crippen LogP contribution in [0.25, 0.3) is 0 Å². The zero-order chi connectivity index (χ0) is 13.1. The van der Waals surface area contributed by atoms with Crippen LogP contribution < -0.4 is 4.74 Å². The van der Waals surface area contributed by atoms with Crippen LogP contribution in [0.1, 0.15) is 38.1 Å². The Morgan fingerprint density at radius 1 is 1.35 bits per heavy atom. The number of halogens is 1. The fraction of sp³-hybridized carbons (Fsp3) is 0.462. The van der Waals surface area contributed by atoms with E-state index in [4.69, 9.17) is 9.47 Å². The molecular formula is C13H17IO3. The van der Waals surface area contributed by atoms with Gasteiger partial charge in [-0.15, -0.1) is 0 Å². The predicted octanol–water partition coefficient (Wildman–Crippen LogP) is 3.65. The van der Waals surface area contributed by atoms with Crippen molar-refractivity contribution in [2.45, 2.75) is 33.3 Å². The second-order valence-corrected chi connectivity index (χ2v) is 5.82. The fourth-order valence-electron chi connectivity index (χ4n) is 1.28. The van der Waals surface area contributed by atoms with Gasteiger partial charge in [0.15, 0.2) is 0 Å². The number of ether oxygens (including phenoxy) is 2. The maximum atomic E-state index is 12.0. The van der Waals surface area contributed by atoms with Gasteiger partial charge < -0.3 is 9.47 Å². The molecule has 0 aliphatic carbocycles. The number of carbonyl (C=O) groups is 1. The Bertz CT molecular complexity index is 408. The van der Waals surface area contributed by atoms with E-state index in [0.717, 1.165) is 3.57 Å². The largest absolute Gasteiger partial charge is 0.493 e. The lowest BCUT2D eigenvalue weighted by molar-refractivity contribution is 0.00659. The quantitative estimate of drug-likeness (QED) is 0.618. The summed E-state index contributed by atoms with van der Waals surface area (Å²) in [7, 11) is 0. The molecule has 0 fully saturated rings. The third-order valence-corrected chi connectivity index (χ3v) is 2.53. The highest BCUT2D eigenvalue weighted by Gasteiger charge is 2.21. The van der Waals surface area contributed by atoms with Crippen molar-refractivity contribution >= 4 is 28.6 Å². The first-order chi connectivity index (χ1) is 7.83. The average Bonchev–Trinajstić information content (AvgIpc) is 2.18. The van der Waals surface area contributed by atoms with Crippen molar-refractivity contribution in [2.75, 3.05) is 6.61 Å². The Balaban J connectivity index is 3.02. The van der Waals surface area contributed by atoms with Crippen LogP contribution in [0.5, 0.6) is 5.75 Å². The van der Waals surface area contributed by atoms with E-state index in [2.05, 4.69) is 22.6 Å². The van der Waals surface area contributed by atoms with E-state index in [1.165, 1.54) is 0 Å². The maximum absolute atomic E-state index is 12.0. The summed E-state index contributed by atoms with van der Waals surface area (Å²) in [5.41, 5.74) is -0.0179. The molecule has 0 radical (unpaired) electrons. The maximum Gasteiger partial charge on any atom is 0.342 e. The van der Waals surface area contributed by atoms with Crippen LogP contribution in [0.4, 0.5) is 0 Å². The topological polar surface area (TPSA) is 35.5 Å². The molecule has 4 heteroatoms. The molecule has 0 unspecified atom stereocenters. The van der Waals surface area contributed by atoms with Crippen LogP contribution in [0.2, 0.25) is 0 Å². The van der Waals surface area contributed by atoms with E-state index in [0.29, 0.717) is 17.9 Å². The number of hydrogen-bond acceptors (Lipinski definition) is 3. The Morgan fingerprint density at radius 3 is 2.53 bits per heavy atom. The Labute approximate surface area is 116 Å². The van der Waals surface area contributed by atoms with Crippen molar-refractivity contribution in [2.24, 2.45) is 0 Å². The zero-order valence-corrected chi connectivity index (χ0v) is 12.7. The molecule has 0 spiro atoms. The highest BCUT2D eigenvalue weighted by atomic mass is 127. The van der Waals surface area contributed by atoms with E-state index >= 15 is 0 Å². The van der Waals surface area contributed by atoms with Crippen molar-refractivity contribution in [3.05, 3.63) is 27.3 Å². The van der Waals surface area contributed by atoms with Gasteiger partial charge in [0, 0.05) is 3.57 Å². The summed E-state index contributed by atoms with van der Waals surface area (Å²) >= 11 is 2.16. The first-order valence-corrected chi connectivity index (χ1v) is 6.57. The van der Waals surface area contributed by atoms with E-state index in [-0.39, 0.29) is 5.97 Å². The smallest absolute Gasteiger partial charge is 0.342 e. The molecule has 0 bridgehead atoms. The lowest BCUT2D eigenvalue weighted by atomic mass is 10.1. The summed E-state index contributed by atoms with van der Waals surface area (Å²) in [5.74, 6) is 0.224. The number of esters is 1. The SMILES string of the molecule is CCOc1ccc(I)cc1C(=O)OC(C)(C)C. The second-order valence-electron chi connectivity index (χ2n) is 4.58. The van der Waals surface area contributed by atoms with Crippen LogP contribution in [-0.4, -0.2) is 18.2 Å². The minimum absolute atomic E-state index is 0.348. The second kappa shape index (κ2) is 5.71. The van der Waals surface area contributed by atoms with E-state index in [1.54, 1.807) is 12.1 Å². The molecule has 1 aromatic carbocycles. The van der Waals surface area contributed by atoms with E-state index in [9.17, 15) is 4.79 Å². The van der Waals surface area contributed by atoms with Crippen molar-refractivity contribution in [3.63, 3.8) is 0 Å². The van der Waals surface area contributed by atoms with Gasteiger partial charge in [-0.05, 0) is 68.5 Å². The molecular weight excluding hydrogens is 331 g/mol. The molecule has 0 aliphatic rings. The van der Waals surface area contributed by atoms with Gasteiger partial charge in [-0.3, -0.25) is 0 Å². The average molecular weight is 348 g/mol. The van der Waals surface area contributed by atoms with Crippen LogP contribution in [-0.2, 0) is 4.74 Å². The monoisotopic (exact) mass is 348 g/mol. The highest BCUT2D eigenvalue weighted by Crippen LogP contribution is 2.24. The molecule has 1 rings (SSSR count). The molecule has 0 saturated heterocycles. The predicted molar refractivity (Wildman–Crippen MR) is 75.5 cm³/mol. The lowest BCUT2D eigenvalue weighted by Gasteiger charge is -2.20. The third-order valence-electron chi connectivity index (χ3n) is 1.86. The van der Waals surface area contributed by atoms with Gasteiger partial charge in [0.05, 0.1) is 6.61 Å². The lowest BCUT2D eigenvalue weighted by Crippen LogP contribution is -2.24. The van der Waals surface area contributed by atoms with Crippen molar-refractivity contribution in [3.8, 4) is 5.75 Å². The molecule has 0 heterocycles. The van der Waals surface area contributed by atoms with Gasteiger partial charge in [-0.1, -0.05) is 0 Å². The summed E-state index contributed by atoms with van der Waals surface area (Å²) in [4.78, 5) is 12.0. The van der Waals surface area contributed by atoms with E-state index < -0.39 is 5.60 Å². The highest BCUT2D eigenvalue weighted by molar-refractivity contribution is 14.1. The minimum Gasteiger partial charge on any atom is -0.493 e. The summed E-state index contributed by atoms with van der Waals surface area (Å²) < 4.78 is 11.7. The first kappa shape index (κ1) is 14.3. The van der Waals surface area contributed by atoms with Crippen LogP contribution in [0, 0.1) is 3.57 Å². The van der Waals surface area contributed by atoms with Crippen molar-refractivity contribution < 1.29 is 14.3 Å². The normalized spacial score (nSPS) is 11.1. The molecule has 3 nitrogen and oxygen atoms in total. The van der Waals surface area contributed by atoms with Gasteiger partial charge in [-0.25, -0.2) is 4.79 Å². The summed E-state index contributed by atoms with van der Waals surface area (Å²) in [6, 6.07) is 5.48. The number of rotatable bonds is 3. The third kappa shape index (κ3) is 4.53. The molecule has 0 atom stereocenters. The van der Waals surface area contributed by atoms with Gasteiger partial charge in [0.2, 0.25) is 0 Å². The zero-order valence-electron chi connectivity index (χ0n) is 10.5.